The van der Waals surface area contributed by atoms with Crippen LogP contribution >= 0.6 is 0 Å². The van der Waals surface area contributed by atoms with E-state index in [-0.39, 0.29) is 0 Å². The highest BCUT2D eigenvalue weighted by Crippen LogP contribution is 2.36. The van der Waals surface area contributed by atoms with Crippen LogP contribution in [0.4, 0.5) is 11.8 Å². The van der Waals surface area contributed by atoms with Gasteiger partial charge in [0.2, 0.25) is 5.95 Å². The third-order valence-electron chi connectivity index (χ3n) is 3.29. The molecular weight excluding hydrogens is 284 g/mol. The summed E-state index contributed by atoms with van der Waals surface area (Å²) < 4.78 is 16.6. The van der Waals surface area contributed by atoms with E-state index in [0.717, 1.165) is 22.9 Å². The molecule has 7 nitrogen and oxygen atoms in total. The van der Waals surface area contributed by atoms with Crippen molar-refractivity contribution in [2.75, 3.05) is 38.0 Å². The van der Waals surface area contributed by atoms with Crippen LogP contribution in [0.2, 0.25) is 0 Å². The second-order valence-corrected chi connectivity index (χ2v) is 4.68. The van der Waals surface area contributed by atoms with Crippen LogP contribution in [0.3, 0.4) is 0 Å². The van der Waals surface area contributed by atoms with Crippen molar-refractivity contribution in [3.8, 4) is 17.2 Å². The number of aromatic nitrogens is 2. The van der Waals surface area contributed by atoms with E-state index in [1.165, 1.54) is 0 Å². The number of anilines is 2. The first-order valence-electron chi connectivity index (χ1n) is 7.01. The van der Waals surface area contributed by atoms with Gasteiger partial charge in [-0.15, -0.1) is 0 Å². The van der Waals surface area contributed by atoms with E-state index in [1.54, 1.807) is 19.4 Å². The molecule has 0 atom stereocenters. The van der Waals surface area contributed by atoms with Gasteiger partial charge in [-0.3, -0.25) is 0 Å². The average molecular weight is 302 g/mol. The number of benzene rings is 1. The molecule has 1 aromatic heterocycles. The molecule has 22 heavy (non-hydrogen) atoms. The molecule has 2 aromatic rings. The van der Waals surface area contributed by atoms with Gasteiger partial charge < -0.3 is 24.8 Å². The zero-order chi connectivity index (χ0) is 15.4. The minimum absolute atomic E-state index is 0.521. The molecule has 3 rings (SSSR count). The van der Waals surface area contributed by atoms with Crippen LogP contribution in [0.25, 0.3) is 0 Å². The zero-order valence-corrected chi connectivity index (χ0v) is 12.5. The van der Waals surface area contributed by atoms with Crippen molar-refractivity contribution in [3.63, 3.8) is 0 Å². The summed E-state index contributed by atoms with van der Waals surface area (Å²) in [5, 5.41) is 6.16. The Labute approximate surface area is 128 Å². The maximum Gasteiger partial charge on any atom is 0.224 e. The molecule has 1 aliphatic heterocycles. The Balaban J connectivity index is 1.79. The molecule has 0 amide bonds. The highest BCUT2D eigenvalue weighted by molar-refractivity contribution is 5.52. The van der Waals surface area contributed by atoms with Crippen LogP contribution in [0.1, 0.15) is 5.56 Å². The number of hydrogen-bond acceptors (Lipinski definition) is 7. The van der Waals surface area contributed by atoms with Crippen LogP contribution in [-0.4, -0.2) is 37.3 Å². The molecular formula is C15H18N4O3. The summed E-state index contributed by atoms with van der Waals surface area (Å²) in [4.78, 5) is 8.51. The predicted octanol–water partition coefficient (Wildman–Crippen LogP) is 1.91. The van der Waals surface area contributed by atoms with Crippen molar-refractivity contribution in [3.05, 3.63) is 30.0 Å². The Bertz CT molecular complexity index is 663. The molecule has 0 spiro atoms. The summed E-state index contributed by atoms with van der Waals surface area (Å²) in [7, 11) is 3.45. The number of rotatable bonds is 5. The molecule has 7 heteroatoms. The lowest BCUT2D eigenvalue weighted by atomic mass is 10.1. The van der Waals surface area contributed by atoms with Gasteiger partial charge in [0.1, 0.15) is 24.8 Å². The van der Waals surface area contributed by atoms with Gasteiger partial charge in [0.25, 0.3) is 0 Å². The van der Waals surface area contributed by atoms with Crippen LogP contribution < -0.4 is 24.8 Å². The average Bonchev–Trinajstić information content (AvgIpc) is 2.59. The highest BCUT2D eigenvalue weighted by atomic mass is 16.6. The maximum atomic E-state index is 5.60. The monoisotopic (exact) mass is 302 g/mol. The summed E-state index contributed by atoms with van der Waals surface area (Å²) in [5.41, 5.74) is 0.949. The third-order valence-corrected chi connectivity index (χ3v) is 3.29. The van der Waals surface area contributed by atoms with Crippen LogP contribution in [0, 0.1) is 0 Å². The molecule has 2 heterocycles. The molecule has 116 valence electrons. The number of fused-ring (bicyclic) bond motifs is 1. The lowest BCUT2D eigenvalue weighted by Crippen LogP contribution is -2.16. The first kappa shape index (κ1) is 14.2. The summed E-state index contributed by atoms with van der Waals surface area (Å²) in [6.07, 6.45) is 1.70. The summed E-state index contributed by atoms with van der Waals surface area (Å²) in [6, 6.07) is 5.56. The molecule has 0 saturated heterocycles. The van der Waals surface area contributed by atoms with Crippen molar-refractivity contribution < 1.29 is 14.2 Å². The van der Waals surface area contributed by atoms with E-state index >= 15 is 0 Å². The molecule has 0 bridgehead atoms. The van der Waals surface area contributed by atoms with E-state index < -0.39 is 0 Å². The van der Waals surface area contributed by atoms with E-state index in [9.17, 15) is 0 Å². The predicted molar refractivity (Wildman–Crippen MR) is 82.9 cm³/mol. The molecule has 2 N–H and O–H groups in total. The number of nitrogens with one attached hydrogen (secondary N) is 2. The topological polar surface area (TPSA) is 77.5 Å². The van der Waals surface area contributed by atoms with Crippen LogP contribution in [-0.2, 0) is 6.54 Å². The zero-order valence-electron chi connectivity index (χ0n) is 12.5. The molecule has 0 aliphatic carbocycles. The standard InChI is InChI=1S/C15H18N4O3/c1-16-14-3-4-17-15(19-14)18-9-10-7-12-13(8-11(10)20-2)22-6-5-21-12/h3-4,7-8H,5-6,9H2,1-2H3,(H2,16,17,18,19). The number of nitrogens with zero attached hydrogens (tertiary/aromatic N) is 2. The Morgan fingerprint density at radius 3 is 2.73 bits per heavy atom. The SMILES string of the molecule is CNc1ccnc(NCc2cc3c(cc2OC)OCCO3)n1. The van der Waals surface area contributed by atoms with E-state index in [2.05, 4.69) is 20.6 Å². The molecule has 1 aromatic carbocycles. The van der Waals surface area contributed by atoms with Gasteiger partial charge in [-0.2, -0.15) is 4.98 Å². The first-order valence-corrected chi connectivity index (χ1v) is 7.01. The Morgan fingerprint density at radius 1 is 1.23 bits per heavy atom. The summed E-state index contributed by atoms with van der Waals surface area (Å²) in [6.45, 7) is 1.63. The second kappa shape index (κ2) is 6.38. The Hall–Kier alpha value is -2.70. The van der Waals surface area contributed by atoms with Crippen molar-refractivity contribution >= 4 is 11.8 Å². The van der Waals surface area contributed by atoms with Gasteiger partial charge in [0.05, 0.1) is 7.11 Å². The largest absolute Gasteiger partial charge is 0.496 e. The normalized spacial score (nSPS) is 12.6. The second-order valence-electron chi connectivity index (χ2n) is 4.68. The quantitative estimate of drug-likeness (QED) is 0.873. The first-order chi connectivity index (χ1) is 10.8. The number of methoxy groups -OCH3 is 1. The smallest absolute Gasteiger partial charge is 0.224 e. The fourth-order valence-electron chi connectivity index (χ4n) is 2.20. The molecule has 0 unspecified atom stereocenters. The Morgan fingerprint density at radius 2 is 2.00 bits per heavy atom. The van der Waals surface area contributed by atoms with Crippen molar-refractivity contribution in [2.24, 2.45) is 0 Å². The van der Waals surface area contributed by atoms with Gasteiger partial charge >= 0.3 is 0 Å². The van der Waals surface area contributed by atoms with Crippen molar-refractivity contribution in [1.82, 2.24) is 9.97 Å². The lowest BCUT2D eigenvalue weighted by molar-refractivity contribution is 0.170. The third kappa shape index (κ3) is 2.98. The maximum absolute atomic E-state index is 5.60. The number of ether oxygens (including phenoxy) is 3. The van der Waals surface area contributed by atoms with Gasteiger partial charge in [-0.1, -0.05) is 0 Å². The van der Waals surface area contributed by atoms with Crippen LogP contribution in [0.5, 0.6) is 17.2 Å². The molecule has 1 aliphatic rings. The Kier molecular flexibility index (Phi) is 4.13. The molecule has 0 fully saturated rings. The fourth-order valence-corrected chi connectivity index (χ4v) is 2.20. The van der Waals surface area contributed by atoms with Gasteiger partial charge in [-0.05, 0) is 12.1 Å². The van der Waals surface area contributed by atoms with Gasteiger partial charge in [-0.25, -0.2) is 4.98 Å². The van der Waals surface area contributed by atoms with Crippen molar-refractivity contribution in [1.29, 1.82) is 0 Å². The fraction of sp³-hybridized carbons (Fsp3) is 0.333. The minimum Gasteiger partial charge on any atom is -0.496 e. The van der Waals surface area contributed by atoms with E-state index in [0.29, 0.717) is 31.5 Å². The van der Waals surface area contributed by atoms with E-state index in [1.807, 2.05) is 19.2 Å². The summed E-state index contributed by atoms with van der Waals surface area (Å²) >= 11 is 0. The van der Waals surface area contributed by atoms with Gasteiger partial charge in [0.15, 0.2) is 11.5 Å². The molecule has 0 radical (unpaired) electrons. The lowest BCUT2D eigenvalue weighted by Gasteiger charge is -2.20. The highest BCUT2D eigenvalue weighted by Gasteiger charge is 2.16. The van der Waals surface area contributed by atoms with Crippen molar-refractivity contribution in [2.45, 2.75) is 6.54 Å². The van der Waals surface area contributed by atoms with Crippen LogP contribution in [0.15, 0.2) is 24.4 Å². The summed E-state index contributed by atoms with van der Waals surface area (Å²) in [5.74, 6) is 3.48. The molecule has 0 saturated carbocycles. The minimum atomic E-state index is 0.521. The van der Waals surface area contributed by atoms with E-state index in [4.69, 9.17) is 14.2 Å². The van der Waals surface area contributed by atoms with Gasteiger partial charge in [0, 0.05) is 31.4 Å². The number of hydrogen-bond donors (Lipinski definition) is 2.